The van der Waals surface area contributed by atoms with Crippen LogP contribution in [0.5, 0.6) is 0 Å². The van der Waals surface area contributed by atoms with Crippen LogP contribution in [-0.4, -0.2) is 37.0 Å². The van der Waals surface area contributed by atoms with Crippen LogP contribution in [0.3, 0.4) is 0 Å². The fourth-order valence-electron chi connectivity index (χ4n) is 4.63. The van der Waals surface area contributed by atoms with E-state index in [0.29, 0.717) is 12.1 Å². The molecule has 2 heteroatoms. The molecule has 140 valence electrons. The second-order valence-electron chi connectivity index (χ2n) is 8.12. The van der Waals surface area contributed by atoms with Crippen LogP contribution in [-0.2, 0) is 0 Å². The van der Waals surface area contributed by atoms with Gasteiger partial charge in [-0.2, -0.15) is 0 Å². The fourth-order valence-corrected chi connectivity index (χ4v) is 4.63. The summed E-state index contributed by atoms with van der Waals surface area (Å²) in [6.45, 7) is 2.07. The number of hydrogen-bond donors (Lipinski definition) is 0. The Kier molecular flexibility index (Phi) is 4.38. The van der Waals surface area contributed by atoms with Crippen molar-refractivity contribution in [3.05, 3.63) is 96.1 Å². The monoisotopic (exact) mass is 366 g/mol. The van der Waals surface area contributed by atoms with Gasteiger partial charge in [-0.1, -0.05) is 72.8 Å². The van der Waals surface area contributed by atoms with Gasteiger partial charge in [0.2, 0.25) is 0 Å². The van der Waals surface area contributed by atoms with Crippen molar-refractivity contribution in [2.24, 2.45) is 0 Å². The van der Waals surface area contributed by atoms with Crippen LogP contribution in [0.2, 0.25) is 0 Å². The molecule has 2 atom stereocenters. The lowest BCUT2D eigenvalue weighted by atomic mass is 9.94. The summed E-state index contributed by atoms with van der Waals surface area (Å²) in [4.78, 5) is 5.04. The zero-order valence-electron chi connectivity index (χ0n) is 16.5. The number of benzene rings is 4. The number of hydrogen-bond acceptors (Lipinski definition) is 2. The number of rotatable bonds is 2. The summed E-state index contributed by atoms with van der Waals surface area (Å²) in [6.07, 6.45) is 0. The number of nitrogens with zero attached hydrogens (tertiary/aromatic N) is 2. The minimum Gasteiger partial charge on any atom is -0.296 e. The summed E-state index contributed by atoms with van der Waals surface area (Å²) < 4.78 is 0. The molecule has 0 unspecified atom stereocenters. The number of fused-ring (bicyclic) bond motifs is 2. The summed E-state index contributed by atoms with van der Waals surface area (Å²) in [5.74, 6) is 0. The normalized spacial score (nSPS) is 21.4. The molecule has 0 saturated carbocycles. The van der Waals surface area contributed by atoms with E-state index in [-0.39, 0.29) is 0 Å². The van der Waals surface area contributed by atoms with Crippen LogP contribution >= 0.6 is 0 Å². The second kappa shape index (κ2) is 7.05. The molecule has 1 heterocycles. The molecule has 0 spiro atoms. The number of piperazine rings is 1. The Labute approximate surface area is 167 Å². The van der Waals surface area contributed by atoms with Crippen LogP contribution in [0.1, 0.15) is 23.2 Å². The van der Waals surface area contributed by atoms with Gasteiger partial charge in [0.1, 0.15) is 0 Å². The molecule has 0 amide bonds. The SMILES string of the molecule is CN1C[C@@H](c2ccc3ccccc3c2)N(C)C[C@@H]1c1ccc2ccccc2c1. The lowest BCUT2D eigenvalue weighted by Crippen LogP contribution is -2.46. The molecular weight excluding hydrogens is 340 g/mol. The van der Waals surface area contributed by atoms with E-state index in [1.165, 1.54) is 32.7 Å². The first kappa shape index (κ1) is 17.4. The van der Waals surface area contributed by atoms with E-state index in [4.69, 9.17) is 0 Å². The van der Waals surface area contributed by atoms with Gasteiger partial charge < -0.3 is 0 Å². The van der Waals surface area contributed by atoms with Crippen LogP contribution in [0, 0.1) is 0 Å². The Hall–Kier alpha value is -2.68. The molecule has 0 bridgehead atoms. The van der Waals surface area contributed by atoms with Crippen LogP contribution in [0.25, 0.3) is 21.5 Å². The standard InChI is InChI=1S/C26H26N2/c1-27-17-26(24-14-12-20-8-4-6-10-22(20)16-24)28(2)18-25(27)23-13-11-19-7-3-5-9-21(19)15-23/h3-16,25-26H,17-18H2,1-2H3/t25-,26+. The van der Waals surface area contributed by atoms with Crippen molar-refractivity contribution in [1.29, 1.82) is 0 Å². The van der Waals surface area contributed by atoms with Crippen molar-refractivity contribution in [3.8, 4) is 0 Å². The van der Waals surface area contributed by atoms with Crippen molar-refractivity contribution in [1.82, 2.24) is 9.80 Å². The highest BCUT2D eigenvalue weighted by Crippen LogP contribution is 2.34. The summed E-state index contributed by atoms with van der Waals surface area (Å²) in [7, 11) is 4.53. The van der Waals surface area contributed by atoms with Gasteiger partial charge in [0.25, 0.3) is 0 Å². The Bertz CT molecular complexity index is 1040. The molecule has 4 aromatic carbocycles. The first-order valence-corrected chi connectivity index (χ1v) is 10.1. The molecule has 0 radical (unpaired) electrons. The summed E-state index contributed by atoms with van der Waals surface area (Å²) in [6, 6.07) is 31.9. The molecule has 28 heavy (non-hydrogen) atoms. The molecular formula is C26H26N2. The molecule has 1 saturated heterocycles. The Balaban J connectivity index is 1.43. The first-order valence-electron chi connectivity index (χ1n) is 10.1. The largest absolute Gasteiger partial charge is 0.296 e. The van der Waals surface area contributed by atoms with Gasteiger partial charge in [-0.15, -0.1) is 0 Å². The highest BCUT2D eigenvalue weighted by molar-refractivity contribution is 5.84. The molecule has 1 aliphatic heterocycles. The Morgan fingerprint density at radius 3 is 1.36 bits per heavy atom. The molecule has 4 aromatic rings. The minimum absolute atomic E-state index is 0.423. The van der Waals surface area contributed by atoms with Gasteiger partial charge in [-0.3, -0.25) is 9.80 Å². The second-order valence-corrected chi connectivity index (χ2v) is 8.12. The highest BCUT2D eigenvalue weighted by Gasteiger charge is 2.31. The maximum atomic E-state index is 2.52. The topological polar surface area (TPSA) is 6.48 Å². The predicted molar refractivity (Wildman–Crippen MR) is 119 cm³/mol. The predicted octanol–water partition coefficient (Wildman–Crippen LogP) is 5.65. The van der Waals surface area contributed by atoms with E-state index < -0.39 is 0 Å². The molecule has 5 rings (SSSR count). The Morgan fingerprint density at radius 2 is 0.929 bits per heavy atom. The van der Waals surface area contributed by atoms with E-state index >= 15 is 0 Å². The zero-order valence-corrected chi connectivity index (χ0v) is 16.5. The van der Waals surface area contributed by atoms with Crippen LogP contribution < -0.4 is 0 Å². The zero-order chi connectivity index (χ0) is 19.1. The molecule has 0 aliphatic carbocycles. The molecule has 0 N–H and O–H groups in total. The van der Waals surface area contributed by atoms with E-state index in [9.17, 15) is 0 Å². The fraction of sp³-hybridized carbons (Fsp3) is 0.231. The van der Waals surface area contributed by atoms with Gasteiger partial charge in [0.05, 0.1) is 0 Å². The molecule has 2 nitrogen and oxygen atoms in total. The summed E-state index contributed by atoms with van der Waals surface area (Å²) >= 11 is 0. The lowest BCUT2D eigenvalue weighted by Gasteiger charge is -2.44. The van der Waals surface area contributed by atoms with Gasteiger partial charge in [0.15, 0.2) is 0 Å². The third-order valence-electron chi connectivity index (χ3n) is 6.30. The minimum atomic E-state index is 0.423. The van der Waals surface area contributed by atoms with Crippen LogP contribution in [0.15, 0.2) is 84.9 Å². The van der Waals surface area contributed by atoms with Gasteiger partial charge in [0, 0.05) is 25.2 Å². The first-order chi connectivity index (χ1) is 13.7. The summed E-state index contributed by atoms with van der Waals surface area (Å²) in [5, 5.41) is 5.28. The number of likely N-dealkylation sites (N-methyl/N-ethyl adjacent to an activating group) is 2. The van der Waals surface area contributed by atoms with Crippen molar-refractivity contribution in [3.63, 3.8) is 0 Å². The van der Waals surface area contributed by atoms with Crippen molar-refractivity contribution < 1.29 is 0 Å². The van der Waals surface area contributed by atoms with E-state index in [1.54, 1.807) is 0 Å². The van der Waals surface area contributed by atoms with Gasteiger partial charge >= 0.3 is 0 Å². The van der Waals surface area contributed by atoms with E-state index in [2.05, 4.69) is 109 Å². The van der Waals surface area contributed by atoms with E-state index in [0.717, 1.165) is 13.1 Å². The summed E-state index contributed by atoms with van der Waals surface area (Å²) in [5.41, 5.74) is 2.81. The quantitative estimate of drug-likeness (QED) is 0.452. The van der Waals surface area contributed by atoms with Crippen molar-refractivity contribution >= 4 is 21.5 Å². The Morgan fingerprint density at radius 1 is 0.536 bits per heavy atom. The maximum Gasteiger partial charge on any atom is 0.0473 e. The average molecular weight is 367 g/mol. The molecule has 1 fully saturated rings. The van der Waals surface area contributed by atoms with Crippen LogP contribution in [0.4, 0.5) is 0 Å². The maximum absolute atomic E-state index is 2.52. The highest BCUT2D eigenvalue weighted by atomic mass is 15.3. The van der Waals surface area contributed by atoms with E-state index in [1.807, 2.05) is 0 Å². The third-order valence-corrected chi connectivity index (χ3v) is 6.30. The average Bonchev–Trinajstić information content (AvgIpc) is 2.74. The smallest absolute Gasteiger partial charge is 0.0473 e. The van der Waals surface area contributed by atoms with Crippen molar-refractivity contribution in [2.75, 3.05) is 27.2 Å². The van der Waals surface area contributed by atoms with Crippen molar-refractivity contribution in [2.45, 2.75) is 12.1 Å². The lowest BCUT2D eigenvalue weighted by molar-refractivity contribution is 0.0625. The van der Waals surface area contributed by atoms with Gasteiger partial charge in [-0.25, -0.2) is 0 Å². The third kappa shape index (κ3) is 3.09. The molecule has 0 aromatic heterocycles. The molecule has 1 aliphatic rings. The van der Waals surface area contributed by atoms with Gasteiger partial charge in [-0.05, 0) is 58.9 Å².